The molecule has 0 saturated heterocycles. The second-order valence-corrected chi connectivity index (χ2v) is 4.89. The second-order valence-electron chi connectivity index (χ2n) is 3.91. The molecule has 0 saturated carbocycles. The Hall–Kier alpha value is -1.31. The summed E-state index contributed by atoms with van der Waals surface area (Å²) in [6.07, 6.45) is 0.823. The Morgan fingerprint density at radius 1 is 1.61 bits per heavy atom. The average molecular weight is 265 g/mol. The quantitative estimate of drug-likeness (QED) is 0.584. The molecular formula is C14H19NO2S. The van der Waals surface area contributed by atoms with E-state index < -0.39 is 0 Å². The maximum absolute atomic E-state index is 12.0. The van der Waals surface area contributed by atoms with Gasteiger partial charge in [-0.3, -0.25) is 4.79 Å². The summed E-state index contributed by atoms with van der Waals surface area (Å²) in [5, 5.41) is 2.02. The zero-order valence-electron chi connectivity index (χ0n) is 11.1. The van der Waals surface area contributed by atoms with Gasteiger partial charge in [0, 0.05) is 25.1 Å². The Labute approximate surface area is 113 Å². The fourth-order valence-corrected chi connectivity index (χ4v) is 2.51. The maximum Gasteiger partial charge on any atom is 0.298 e. The summed E-state index contributed by atoms with van der Waals surface area (Å²) in [5.41, 5.74) is 0. The molecule has 18 heavy (non-hydrogen) atoms. The molecule has 3 nitrogen and oxygen atoms in total. The van der Waals surface area contributed by atoms with E-state index in [0.717, 1.165) is 6.42 Å². The molecule has 0 aliphatic rings. The molecule has 1 aromatic rings. The van der Waals surface area contributed by atoms with Crippen molar-refractivity contribution in [1.29, 1.82) is 0 Å². The Kier molecular flexibility index (Phi) is 6.48. The molecule has 0 aliphatic heterocycles. The topological polar surface area (TPSA) is 29.5 Å². The Morgan fingerprint density at radius 2 is 2.39 bits per heavy atom. The van der Waals surface area contributed by atoms with Crippen LogP contribution in [0.4, 0.5) is 0 Å². The molecule has 98 valence electrons. The summed E-state index contributed by atoms with van der Waals surface area (Å²) in [5.74, 6) is 5.17. The predicted octanol–water partition coefficient (Wildman–Crippen LogP) is 2.70. The number of carbonyl (C=O) groups excluding carboxylic acids is 1. The fraction of sp³-hybridized carbons (Fsp3) is 0.500. The van der Waals surface area contributed by atoms with Crippen LogP contribution in [0.25, 0.3) is 0 Å². The first kappa shape index (κ1) is 14.7. The summed E-state index contributed by atoms with van der Waals surface area (Å²) in [7, 11) is 1.67. The lowest BCUT2D eigenvalue weighted by atomic mass is 10.2. The third-order valence-electron chi connectivity index (χ3n) is 2.66. The molecule has 0 aromatic carbocycles. The van der Waals surface area contributed by atoms with Crippen molar-refractivity contribution < 1.29 is 9.53 Å². The van der Waals surface area contributed by atoms with Crippen molar-refractivity contribution in [3.05, 3.63) is 22.4 Å². The van der Waals surface area contributed by atoms with E-state index in [-0.39, 0.29) is 11.9 Å². The van der Waals surface area contributed by atoms with Gasteiger partial charge in [0.1, 0.15) is 0 Å². The number of amides is 1. The monoisotopic (exact) mass is 265 g/mol. The van der Waals surface area contributed by atoms with Gasteiger partial charge in [-0.2, -0.15) is 0 Å². The molecule has 0 aliphatic carbocycles. The van der Waals surface area contributed by atoms with E-state index in [2.05, 4.69) is 11.8 Å². The average Bonchev–Trinajstić information content (AvgIpc) is 2.88. The third kappa shape index (κ3) is 4.17. The van der Waals surface area contributed by atoms with Crippen molar-refractivity contribution in [3.8, 4) is 11.8 Å². The van der Waals surface area contributed by atoms with E-state index in [1.807, 2.05) is 24.4 Å². The van der Waals surface area contributed by atoms with Crippen LogP contribution in [0.1, 0.15) is 31.2 Å². The number of thiophene rings is 1. The first-order valence-electron chi connectivity index (χ1n) is 5.96. The van der Waals surface area contributed by atoms with Gasteiger partial charge in [-0.05, 0) is 37.6 Å². The molecule has 0 bridgehead atoms. The number of nitrogens with zero attached hydrogens (tertiary/aromatic N) is 1. The van der Waals surface area contributed by atoms with Gasteiger partial charge in [-0.15, -0.1) is 11.3 Å². The molecule has 0 fully saturated rings. The number of methoxy groups -OCH3 is 1. The van der Waals surface area contributed by atoms with Crippen LogP contribution < -0.4 is 0 Å². The summed E-state index contributed by atoms with van der Waals surface area (Å²) >= 11 is 1.66. The van der Waals surface area contributed by atoms with Crippen LogP contribution in [-0.4, -0.2) is 31.1 Å². The Morgan fingerprint density at radius 3 is 2.94 bits per heavy atom. The highest BCUT2D eigenvalue weighted by Crippen LogP contribution is 2.24. The van der Waals surface area contributed by atoms with Crippen LogP contribution in [0.3, 0.4) is 0 Å². The van der Waals surface area contributed by atoms with Crippen molar-refractivity contribution in [2.24, 2.45) is 0 Å². The van der Waals surface area contributed by atoms with Gasteiger partial charge in [0.15, 0.2) is 0 Å². The van der Waals surface area contributed by atoms with Crippen LogP contribution >= 0.6 is 11.3 Å². The molecule has 1 aromatic heterocycles. The first-order chi connectivity index (χ1) is 8.70. The third-order valence-corrected chi connectivity index (χ3v) is 3.71. The number of hydrogen-bond acceptors (Lipinski definition) is 3. The molecule has 1 unspecified atom stereocenters. The van der Waals surface area contributed by atoms with Crippen molar-refractivity contribution >= 4 is 17.2 Å². The van der Waals surface area contributed by atoms with Crippen LogP contribution in [-0.2, 0) is 9.53 Å². The highest BCUT2D eigenvalue weighted by molar-refractivity contribution is 7.10. The molecule has 4 heteroatoms. The summed E-state index contributed by atoms with van der Waals surface area (Å²) < 4.78 is 5.03. The highest BCUT2D eigenvalue weighted by Gasteiger charge is 2.20. The van der Waals surface area contributed by atoms with Gasteiger partial charge in [0.05, 0.1) is 6.04 Å². The van der Waals surface area contributed by atoms with E-state index in [0.29, 0.717) is 13.2 Å². The Bertz CT molecular complexity index is 417. The minimum Gasteiger partial charge on any atom is -0.385 e. The van der Waals surface area contributed by atoms with Crippen LogP contribution in [0.2, 0.25) is 0 Å². The first-order valence-corrected chi connectivity index (χ1v) is 6.84. The summed E-state index contributed by atoms with van der Waals surface area (Å²) in [4.78, 5) is 15.0. The van der Waals surface area contributed by atoms with Crippen molar-refractivity contribution in [3.63, 3.8) is 0 Å². The molecular weight excluding hydrogens is 246 g/mol. The zero-order chi connectivity index (χ0) is 13.4. The van der Waals surface area contributed by atoms with Crippen molar-refractivity contribution in [2.45, 2.75) is 26.3 Å². The van der Waals surface area contributed by atoms with E-state index in [1.165, 1.54) is 4.88 Å². The molecule has 0 radical (unpaired) electrons. The van der Waals surface area contributed by atoms with Gasteiger partial charge >= 0.3 is 0 Å². The number of carbonyl (C=O) groups is 1. The fourth-order valence-electron chi connectivity index (χ4n) is 1.71. The molecule has 1 amide bonds. The molecule has 0 N–H and O–H groups in total. The van der Waals surface area contributed by atoms with E-state index in [9.17, 15) is 4.79 Å². The standard InChI is InChI=1S/C14H19NO2S/c1-4-7-14(16)15(9-6-10-17-3)12(2)13-8-5-11-18-13/h5,8,11-12H,6,9-10H2,1-3H3. The lowest BCUT2D eigenvalue weighted by Crippen LogP contribution is -2.33. The van der Waals surface area contributed by atoms with E-state index >= 15 is 0 Å². The van der Waals surface area contributed by atoms with Crippen LogP contribution in [0.15, 0.2) is 17.5 Å². The van der Waals surface area contributed by atoms with Crippen molar-refractivity contribution in [2.75, 3.05) is 20.3 Å². The van der Waals surface area contributed by atoms with E-state index in [1.54, 1.807) is 30.3 Å². The van der Waals surface area contributed by atoms with Crippen LogP contribution in [0.5, 0.6) is 0 Å². The lowest BCUT2D eigenvalue weighted by Gasteiger charge is -2.26. The van der Waals surface area contributed by atoms with Crippen LogP contribution in [0, 0.1) is 11.8 Å². The Balaban J connectivity index is 2.75. The predicted molar refractivity (Wildman–Crippen MR) is 74.4 cm³/mol. The molecule has 1 heterocycles. The molecule has 1 rings (SSSR count). The van der Waals surface area contributed by atoms with E-state index in [4.69, 9.17) is 4.74 Å². The number of rotatable bonds is 6. The smallest absolute Gasteiger partial charge is 0.298 e. The minimum absolute atomic E-state index is 0.0650. The highest BCUT2D eigenvalue weighted by atomic mass is 32.1. The lowest BCUT2D eigenvalue weighted by molar-refractivity contribution is -0.127. The number of ether oxygens (including phenoxy) is 1. The normalized spacial score (nSPS) is 11.5. The molecule has 1 atom stereocenters. The maximum atomic E-state index is 12.0. The van der Waals surface area contributed by atoms with Gasteiger partial charge in [-0.1, -0.05) is 12.0 Å². The summed E-state index contributed by atoms with van der Waals surface area (Å²) in [6.45, 7) is 5.04. The largest absolute Gasteiger partial charge is 0.385 e. The van der Waals surface area contributed by atoms with Gasteiger partial charge in [0.25, 0.3) is 5.91 Å². The SMILES string of the molecule is CC#CC(=O)N(CCCOC)C(C)c1cccs1. The van der Waals surface area contributed by atoms with Crippen molar-refractivity contribution in [1.82, 2.24) is 4.90 Å². The van der Waals surface area contributed by atoms with Gasteiger partial charge < -0.3 is 9.64 Å². The molecule has 0 spiro atoms. The zero-order valence-corrected chi connectivity index (χ0v) is 11.9. The number of hydrogen-bond donors (Lipinski definition) is 0. The summed E-state index contributed by atoms with van der Waals surface area (Å²) in [6, 6.07) is 4.11. The van der Waals surface area contributed by atoms with Gasteiger partial charge in [-0.25, -0.2) is 0 Å². The second kappa shape index (κ2) is 7.91. The van der Waals surface area contributed by atoms with Gasteiger partial charge in [0.2, 0.25) is 0 Å². The minimum atomic E-state index is -0.116.